The first-order valence-corrected chi connectivity index (χ1v) is 8.41. The molecule has 1 fully saturated rings. The molecule has 3 rings (SSSR count). The number of nitrogens with one attached hydrogen (secondary N) is 1. The maximum atomic E-state index is 5.89. The third kappa shape index (κ3) is 3.18. The molecule has 0 unspecified atom stereocenters. The zero-order valence-electron chi connectivity index (χ0n) is 10.6. The van der Waals surface area contributed by atoms with E-state index in [1.807, 2.05) is 6.07 Å². The number of aromatic nitrogens is 1. The lowest BCUT2D eigenvalue weighted by Gasteiger charge is -2.36. The van der Waals surface area contributed by atoms with E-state index in [1.54, 1.807) is 6.20 Å². The van der Waals surface area contributed by atoms with E-state index in [0.29, 0.717) is 17.1 Å². The number of anilines is 1. The third-order valence-electron chi connectivity index (χ3n) is 3.65. The van der Waals surface area contributed by atoms with Gasteiger partial charge in [0.25, 0.3) is 0 Å². The number of rotatable bonds is 3. The Balaban J connectivity index is 1.58. The van der Waals surface area contributed by atoms with Crippen LogP contribution < -0.4 is 5.32 Å². The highest BCUT2D eigenvalue weighted by molar-refractivity contribution is 9.10. The summed E-state index contributed by atoms with van der Waals surface area (Å²) in [5, 5.41) is 3.99. The van der Waals surface area contributed by atoms with Crippen molar-refractivity contribution < 1.29 is 0 Å². The fourth-order valence-electron chi connectivity index (χ4n) is 2.48. The Morgan fingerprint density at radius 2 is 1.85 bits per heavy atom. The number of hydrogen-bond acceptors (Lipinski definition) is 2. The Labute approximate surface area is 140 Å². The van der Waals surface area contributed by atoms with Gasteiger partial charge in [0.15, 0.2) is 0 Å². The van der Waals surface area contributed by atoms with E-state index < -0.39 is 0 Å². The van der Waals surface area contributed by atoms with Crippen molar-refractivity contribution in [2.45, 2.75) is 24.8 Å². The topological polar surface area (TPSA) is 24.9 Å². The van der Waals surface area contributed by atoms with Crippen LogP contribution in [0.1, 0.15) is 24.3 Å². The van der Waals surface area contributed by atoms with Crippen LogP contribution in [0.15, 0.2) is 45.5 Å². The highest BCUT2D eigenvalue weighted by Gasteiger charge is 2.30. The van der Waals surface area contributed by atoms with Crippen molar-refractivity contribution in [3.63, 3.8) is 0 Å². The third-order valence-corrected chi connectivity index (χ3v) is 5.31. The molecule has 104 valence electrons. The van der Waals surface area contributed by atoms with Crippen LogP contribution in [0.4, 0.5) is 5.69 Å². The van der Waals surface area contributed by atoms with Crippen molar-refractivity contribution in [1.29, 1.82) is 0 Å². The summed E-state index contributed by atoms with van der Waals surface area (Å²) in [6, 6.07) is 11.1. The van der Waals surface area contributed by atoms with Crippen LogP contribution >= 0.6 is 43.5 Å². The van der Waals surface area contributed by atoms with Gasteiger partial charge in [0, 0.05) is 10.5 Å². The van der Waals surface area contributed by atoms with Gasteiger partial charge < -0.3 is 5.32 Å². The van der Waals surface area contributed by atoms with E-state index in [4.69, 9.17) is 11.6 Å². The van der Waals surface area contributed by atoms with E-state index in [-0.39, 0.29) is 0 Å². The molecule has 2 nitrogen and oxygen atoms in total. The van der Waals surface area contributed by atoms with Crippen LogP contribution in [0, 0.1) is 0 Å². The van der Waals surface area contributed by atoms with Gasteiger partial charge in [0.2, 0.25) is 0 Å². The molecule has 5 heteroatoms. The van der Waals surface area contributed by atoms with Crippen LogP contribution in [-0.2, 0) is 0 Å². The zero-order valence-corrected chi connectivity index (χ0v) is 14.5. The molecule has 1 heterocycles. The second-order valence-electron chi connectivity index (χ2n) is 5.06. The van der Waals surface area contributed by atoms with Gasteiger partial charge in [-0.3, -0.25) is 0 Å². The molecule has 0 aliphatic heterocycles. The van der Waals surface area contributed by atoms with E-state index in [0.717, 1.165) is 27.5 Å². The van der Waals surface area contributed by atoms with E-state index in [9.17, 15) is 0 Å². The maximum absolute atomic E-state index is 5.89. The lowest BCUT2D eigenvalue weighted by Crippen LogP contribution is -2.34. The lowest BCUT2D eigenvalue weighted by molar-refractivity contribution is 0.374. The average molecular weight is 417 g/mol. The Kier molecular flexibility index (Phi) is 4.34. The van der Waals surface area contributed by atoms with Gasteiger partial charge in [-0.2, -0.15) is 0 Å². The van der Waals surface area contributed by atoms with Crippen LogP contribution in [-0.4, -0.2) is 11.0 Å². The summed E-state index contributed by atoms with van der Waals surface area (Å²) in [5.41, 5.74) is 2.43. The first kappa shape index (κ1) is 14.4. The minimum Gasteiger partial charge on any atom is -0.381 e. The summed E-state index contributed by atoms with van der Waals surface area (Å²) in [6.07, 6.45) is 4.09. The van der Waals surface area contributed by atoms with Gasteiger partial charge in [0.05, 0.1) is 16.4 Å². The molecular weight excluding hydrogens is 403 g/mol. The molecule has 1 aromatic heterocycles. The van der Waals surface area contributed by atoms with Crippen molar-refractivity contribution in [2.75, 3.05) is 5.32 Å². The van der Waals surface area contributed by atoms with Crippen molar-refractivity contribution in [3.05, 3.63) is 56.2 Å². The minimum atomic E-state index is 0.497. The molecule has 1 aliphatic rings. The molecule has 2 aromatic rings. The SMILES string of the molecule is Clc1ncc(NC2CC(c3ccc(Br)cc3)C2)cc1Br. The van der Waals surface area contributed by atoms with Gasteiger partial charge in [-0.15, -0.1) is 0 Å². The van der Waals surface area contributed by atoms with Crippen LogP contribution in [0.2, 0.25) is 5.15 Å². The van der Waals surface area contributed by atoms with Gasteiger partial charge in [-0.05, 0) is 58.5 Å². The predicted molar refractivity (Wildman–Crippen MR) is 90.5 cm³/mol. The molecule has 0 amide bonds. The van der Waals surface area contributed by atoms with Gasteiger partial charge in [0.1, 0.15) is 5.15 Å². The number of halogens is 3. The molecule has 0 atom stereocenters. The van der Waals surface area contributed by atoms with E-state index >= 15 is 0 Å². The molecule has 20 heavy (non-hydrogen) atoms. The Morgan fingerprint density at radius 3 is 2.50 bits per heavy atom. The molecule has 1 N–H and O–H groups in total. The quantitative estimate of drug-likeness (QED) is 0.657. The van der Waals surface area contributed by atoms with E-state index in [2.05, 4.69) is 66.4 Å². The smallest absolute Gasteiger partial charge is 0.143 e. The maximum Gasteiger partial charge on any atom is 0.143 e. The first-order valence-electron chi connectivity index (χ1n) is 6.45. The average Bonchev–Trinajstić information content (AvgIpc) is 2.39. The molecule has 1 aliphatic carbocycles. The Hall–Kier alpha value is -0.580. The largest absolute Gasteiger partial charge is 0.381 e. The monoisotopic (exact) mass is 414 g/mol. The number of hydrogen-bond donors (Lipinski definition) is 1. The highest BCUT2D eigenvalue weighted by atomic mass is 79.9. The second-order valence-corrected chi connectivity index (χ2v) is 7.19. The zero-order chi connectivity index (χ0) is 14.1. The molecule has 0 radical (unpaired) electrons. The molecule has 1 saturated carbocycles. The Morgan fingerprint density at radius 1 is 1.15 bits per heavy atom. The summed E-state index contributed by atoms with van der Waals surface area (Å²) >= 11 is 12.8. The fraction of sp³-hybridized carbons (Fsp3) is 0.267. The van der Waals surface area contributed by atoms with Crippen LogP contribution in [0.5, 0.6) is 0 Å². The van der Waals surface area contributed by atoms with Crippen LogP contribution in [0.25, 0.3) is 0 Å². The van der Waals surface area contributed by atoms with Gasteiger partial charge in [-0.1, -0.05) is 39.7 Å². The van der Waals surface area contributed by atoms with Crippen molar-refractivity contribution in [3.8, 4) is 0 Å². The highest BCUT2D eigenvalue weighted by Crippen LogP contribution is 2.39. The minimum absolute atomic E-state index is 0.497. The van der Waals surface area contributed by atoms with Crippen molar-refractivity contribution in [2.24, 2.45) is 0 Å². The molecular formula is C15H13Br2ClN2. The molecule has 0 spiro atoms. The second kappa shape index (κ2) is 6.04. The first-order chi connectivity index (χ1) is 9.61. The van der Waals surface area contributed by atoms with Gasteiger partial charge >= 0.3 is 0 Å². The molecule has 0 bridgehead atoms. The number of pyridine rings is 1. The summed E-state index contributed by atoms with van der Waals surface area (Å²) < 4.78 is 1.96. The summed E-state index contributed by atoms with van der Waals surface area (Å²) in [5.74, 6) is 0.657. The predicted octanol–water partition coefficient (Wildman–Crippen LogP) is 5.62. The summed E-state index contributed by atoms with van der Waals surface area (Å²) in [6.45, 7) is 0. The summed E-state index contributed by atoms with van der Waals surface area (Å²) in [4.78, 5) is 4.13. The Bertz CT molecular complexity index is 610. The fourth-order valence-corrected chi connectivity index (χ4v) is 3.20. The van der Waals surface area contributed by atoms with Crippen molar-refractivity contribution in [1.82, 2.24) is 4.98 Å². The van der Waals surface area contributed by atoms with Crippen LogP contribution in [0.3, 0.4) is 0 Å². The van der Waals surface area contributed by atoms with E-state index in [1.165, 1.54) is 5.56 Å². The van der Waals surface area contributed by atoms with Gasteiger partial charge in [-0.25, -0.2) is 4.98 Å². The molecule has 0 saturated heterocycles. The lowest BCUT2D eigenvalue weighted by atomic mass is 9.76. The summed E-state index contributed by atoms with van der Waals surface area (Å²) in [7, 11) is 0. The van der Waals surface area contributed by atoms with Crippen molar-refractivity contribution >= 4 is 49.1 Å². The normalized spacial score (nSPS) is 21.4. The molecule has 1 aromatic carbocycles. The number of nitrogens with zero attached hydrogens (tertiary/aromatic N) is 1. The number of benzene rings is 1. The standard InChI is InChI=1S/C15H13Br2ClN2/c16-11-3-1-9(2-4-11)10-5-12(6-10)20-13-7-14(17)15(18)19-8-13/h1-4,7-8,10,12,20H,5-6H2.